The second-order valence-electron chi connectivity index (χ2n) is 7.48. The summed E-state index contributed by atoms with van der Waals surface area (Å²) >= 11 is 5.91. The zero-order valence-electron chi connectivity index (χ0n) is 13.4. The van der Waals surface area contributed by atoms with Gasteiger partial charge in [0, 0.05) is 10.7 Å². The Hall–Kier alpha value is -2.14. The van der Waals surface area contributed by atoms with E-state index < -0.39 is 0 Å². The third-order valence-corrected chi connectivity index (χ3v) is 6.40. The maximum atomic E-state index is 12.8. The van der Waals surface area contributed by atoms with Crippen LogP contribution in [0.2, 0.25) is 5.02 Å². The summed E-state index contributed by atoms with van der Waals surface area (Å²) in [6, 6.07) is 6.79. The van der Waals surface area contributed by atoms with Gasteiger partial charge < -0.3 is 5.32 Å². The molecule has 3 amide bonds. The van der Waals surface area contributed by atoms with Crippen LogP contribution < -0.4 is 5.32 Å². The minimum absolute atomic E-state index is 0.178. The van der Waals surface area contributed by atoms with Crippen molar-refractivity contribution >= 4 is 35.0 Å². The summed E-state index contributed by atoms with van der Waals surface area (Å²) in [6.07, 6.45) is 5.38. The number of hydrogen-bond acceptors (Lipinski definition) is 3. The van der Waals surface area contributed by atoms with Gasteiger partial charge in [-0.3, -0.25) is 19.3 Å². The number of likely N-dealkylation sites (tertiary alicyclic amines) is 1. The van der Waals surface area contributed by atoms with Gasteiger partial charge in [0.25, 0.3) is 0 Å². The molecule has 3 fully saturated rings. The van der Waals surface area contributed by atoms with Crippen LogP contribution in [-0.2, 0) is 14.4 Å². The standard InChI is InChI=1S/C19H17ClN2O3/c20-9-2-1-3-10(6-9)21-15(23)8-22-18(24)16-11-4-5-12(14-7-13(11)14)17(16)19(22)25/h1-6,11-14,16-17H,7-8H2,(H,21,23)/t11-,12-,13-,14-,16+,17+/m0/s1. The Morgan fingerprint density at radius 1 is 1.12 bits per heavy atom. The molecule has 2 saturated carbocycles. The Kier molecular flexibility index (Phi) is 3.14. The number of benzene rings is 1. The Balaban J connectivity index is 1.33. The summed E-state index contributed by atoms with van der Waals surface area (Å²) < 4.78 is 0. The third-order valence-electron chi connectivity index (χ3n) is 6.16. The highest BCUT2D eigenvalue weighted by atomic mass is 35.5. The number of allylic oxidation sites excluding steroid dienone is 2. The Morgan fingerprint density at radius 2 is 1.76 bits per heavy atom. The van der Waals surface area contributed by atoms with E-state index in [1.807, 2.05) is 0 Å². The van der Waals surface area contributed by atoms with Crippen LogP contribution in [0.4, 0.5) is 5.69 Å². The molecular weight excluding hydrogens is 340 g/mol. The fourth-order valence-corrected chi connectivity index (χ4v) is 5.28. The molecule has 1 aliphatic heterocycles. The summed E-state index contributed by atoms with van der Waals surface area (Å²) in [5, 5.41) is 3.22. The first-order valence-electron chi connectivity index (χ1n) is 8.63. The average molecular weight is 357 g/mol. The number of rotatable bonds is 3. The second kappa shape index (κ2) is 5.18. The van der Waals surface area contributed by atoms with Crippen molar-refractivity contribution in [1.29, 1.82) is 0 Å². The van der Waals surface area contributed by atoms with E-state index in [4.69, 9.17) is 11.6 Å². The molecule has 6 rings (SSSR count). The highest BCUT2D eigenvalue weighted by Gasteiger charge is 2.67. The fraction of sp³-hybridized carbons (Fsp3) is 0.421. The second-order valence-corrected chi connectivity index (χ2v) is 7.91. The van der Waals surface area contributed by atoms with Gasteiger partial charge in [0.05, 0.1) is 11.8 Å². The zero-order chi connectivity index (χ0) is 17.3. The van der Waals surface area contributed by atoms with E-state index in [1.54, 1.807) is 24.3 Å². The molecule has 5 nitrogen and oxygen atoms in total. The van der Waals surface area contributed by atoms with Crippen molar-refractivity contribution in [2.75, 3.05) is 11.9 Å². The lowest BCUT2D eigenvalue weighted by Gasteiger charge is -2.37. The average Bonchev–Trinajstić information content (AvgIpc) is 3.36. The van der Waals surface area contributed by atoms with E-state index in [0.29, 0.717) is 22.5 Å². The van der Waals surface area contributed by atoms with E-state index in [0.717, 1.165) is 11.3 Å². The molecule has 5 aliphatic rings. The van der Waals surface area contributed by atoms with E-state index in [1.165, 1.54) is 0 Å². The van der Waals surface area contributed by atoms with Gasteiger partial charge in [-0.05, 0) is 48.3 Å². The quantitative estimate of drug-likeness (QED) is 0.667. The van der Waals surface area contributed by atoms with Crippen molar-refractivity contribution in [1.82, 2.24) is 4.90 Å². The topological polar surface area (TPSA) is 66.5 Å². The van der Waals surface area contributed by atoms with Crippen LogP contribution in [0.5, 0.6) is 0 Å². The van der Waals surface area contributed by atoms with Crippen LogP contribution >= 0.6 is 11.6 Å². The van der Waals surface area contributed by atoms with Crippen LogP contribution in [0.3, 0.4) is 0 Å². The highest BCUT2D eigenvalue weighted by Crippen LogP contribution is 2.65. The molecular formula is C19H17ClN2O3. The summed E-state index contributed by atoms with van der Waals surface area (Å²) in [5.41, 5.74) is 0.553. The molecule has 0 radical (unpaired) electrons. The SMILES string of the molecule is O=C(CN1C(=O)[C@@H]2[C@H]3C=C[C@@H]([C@@H]4C[C@@H]34)[C@H]2C1=O)Nc1cccc(Cl)c1. The molecule has 4 aliphatic carbocycles. The number of nitrogens with one attached hydrogen (secondary N) is 1. The van der Waals surface area contributed by atoms with Crippen molar-refractivity contribution in [2.24, 2.45) is 35.5 Å². The maximum Gasteiger partial charge on any atom is 0.244 e. The van der Waals surface area contributed by atoms with Crippen LogP contribution in [0.25, 0.3) is 0 Å². The molecule has 1 heterocycles. The number of imide groups is 1. The lowest BCUT2D eigenvalue weighted by molar-refractivity contribution is -0.142. The number of hydrogen-bond donors (Lipinski definition) is 1. The van der Waals surface area contributed by atoms with Crippen molar-refractivity contribution in [2.45, 2.75) is 6.42 Å². The highest BCUT2D eigenvalue weighted by molar-refractivity contribution is 6.30. The van der Waals surface area contributed by atoms with E-state index in [-0.39, 0.29) is 47.9 Å². The predicted octanol–water partition coefficient (Wildman–Crippen LogP) is 2.33. The smallest absolute Gasteiger partial charge is 0.244 e. The van der Waals surface area contributed by atoms with Gasteiger partial charge in [0.15, 0.2) is 0 Å². The Morgan fingerprint density at radius 3 is 2.36 bits per heavy atom. The molecule has 0 aromatic heterocycles. The van der Waals surface area contributed by atoms with Gasteiger partial charge in [-0.2, -0.15) is 0 Å². The summed E-state index contributed by atoms with van der Waals surface area (Å²) in [7, 11) is 0. The Bertz CT molecular complexity index is 800. The lowest BCUT2D eigenvalue weighted by atomic mass is 9.63. The van der Waals surface area contributed by atoms with E-state index in [9.17, 15) is 14.4 Å². The summed E-state index contributed by atoms with van der Waals surface area (Å²) in [5.74, 6) is 0.224. The van der Waals surface area contributed by atoms with Gasteiger partial charge in [0.1, 0.15) is 6.54 Å². The van der Waals surface area contributed by atoms with E-state index in [2.05, 4.69) is 17.5 Å². The van der Waals surface area contributed by atoms with Crippen molar-refractivity contribution < 1.29 is 14.4 Å². The van der Waals surface area contributed by atoms with Gasteiger partial charge in [-0.25, -0.2) is 0 Å². The predicted molar refractivity (Wildman–Crippen MR) is 91.5 cm³/mol. The number of nitrogens with zero attached hydrogens (tertiary/aromatic N) is 1. The normalized spacial score (nSPS) is 37.1. The van der Waals surface area contributed by atoms with Gasteiger partial charge in [-0.1, -0.05) is 29.8 Å². The van der Waals surface area contributed by atoms with Gasteiger partial charge in [0.2, 0.25) is 17.7 Å². The first kappa shape index (κ1) is 15.1. The molecule has 1 aromatic rings. The molecule has 6 atom stereocenters. The molecule has 1 aromatic carbocycles. The monoisotopic (exact) mass is 356 g/mol. The number of carbonyl (C=O) groups is 3. The van der Waals surface area contributed by atoms with Crippen molar-refractivity contribution in [3.63, 3.8) is 0 Å². The van der Waals surface area contributed by atoms with Crippen LogP contribution in [0.1, 0.15) is 6.42 Å². The zero-order valence-corrected chi connectivity index (χ0v) is 14.1. The molecule has 6 heteroatoms. The molecule has 1 saturated heterocycles. The third kappa shape index (κ3) is 2.18. The molecule has 128 valence electrons. The number of amides is 3. The molecule has 2 bridgehead atoms. The van der Waals surface area contributed by atoms with Crippen molar-refractivity contribution in [3.05, 3.63) is 41.4 Å². The first-order chi connectivity index (χ1) is 12.0. The number of anilines is 1. The Labute approximate surface area is 150 Å². The minimum Gasteiger partial charge on any atom is -0.324 e. The maximum absolute atomic E-state index is 12.8. The minimum atomic E-state index is -0.381. The first-order valence-corrected chi connectivity index (χ1v) is 9.01. The van der Waals surface area contributed by atoms with Crippen LogP contribution in [0.15, 0.2) is 36.4 Å². The van der Waals surface area contributed by atoms with E-state index >= 15 is 0 Å². The van der Waals surface area contributed by atoms with Crippen LogP contribution in [-0.4, -0.2) is 29.2 Å². The number of halogens is 1. The van der Waals surface area contributed by atoms with Crippen molar-refractivity contribution in [3.8, 4) is 0 Å². The summed E-state index contributed by atoms with van der Waals surface area (Å²) in [6.45, 7) is -0.230. The number of carbonyl (C=O) groups excluding carboxylic acids is 3. The molecule has 0 unspecified atom stereocenters. The molecule has 25 heavy (non-hydrogen) atoms. The molecule has 0 spiro atoms. The lowest BCUT2D eigenvalue weighted by Crippen LogP contribution is -2.40. The molecule has 1 N–H and O–H groups in total. The van der Waals surface area contributed by atoms with Gasteiger partial charge in [-0.15, -0.1) is 0 Å². The van der Waals surface area contributed by atoms with Gasteiger partial charge >= 0.3 is 0 Å². The largest absolute Gasteiger partial charge is 0.324 e. The summed E-state index contributed by atoms with van der Waals surface area (Å²) in [4.78, 5) is 39.1. The fourth-order valence-electron chi connectivity index (χ4n) is 5.08. The van der Waals surface area contributed by atoms with Crippen LogP contribution in [0, 0.1) is 35.5 Å².